The summed E-state index contributed by atoms with van der Waals surface area (Å²) in [6.45, 7) is 0. The molecule has 0 fully saturated rings. The topological polar surface area (TPSA) is 86.2 Å². The summed E-state index contributed by atoms with van der Waals surface area (Å²) in [5, 5.41) is 0. The standard InChI is InChI=1S/Al.La.H3O4P.3H/c;;1-5(2,3)4;;;/h;;(H3,1,2,3,4);;;/q;+3;;;;/p-3. The van der Waals surface area contributed by atoms with E-state index in [0.29, 0.717) is 0 Å². The van der Waals surface area contributed by atoms with E-state index in [9.17, 15) is 0 Å². The molecule has 7 heavy (non-hydrogen) atoms. The molecule has 0 aliphatic heterocycles. The van der Waals surface area contributed by atoms with Crippen molar-refractivity contribution in [3.63, 3.8) is 0 Å². The molecule has 0 aromatic heterocycles. The molecule has 0 unspecified atom stereocenters. The molecule has 4 nitrogen and oxygen atoms in total. The fourth-order valence-corrected chi connectivity index (χ4v) is 0. The van der Waals surface area contributed by atoms with Gasteiger partial charge in [-0.15, -0.1) is 0 Å². The van der Waals surface area contributed by atoms with Gasteiger partial charge in [-0.1, -0.05) is 0 Å². The predicted molar refractivity (Wildman–Crippen MR) is 17.5 cm³/mol. The van der Waals surface area contributed by atoms with Crippen LogP contribution < -0.4 is 14.7 Å². The Morgan fingerprint density at radius 3 is 1.14 bits per heavy atom. The molecule has 0 heterocycles. The van der Waals surface area contributed by atoms with Gasteiger partial charge in [0.1, 0.15) is 0 Å². The Labute approximate surface area is 79.3 Å². The van der Waals surface area contributed by atoms with E-state index in [2.05, 4.69) is 0 Å². The SMILES string of the molecule is O=P([O-])([O-])[O-].[AlH3].[La+3]. The first-order valence-electron chi connectivity index (χ1n) is 0.730. The summed E-state index contributed by atoms with van der Waals surface area (Å²) in [5.41, 5.74) is 0. The van der Waals surface area contributed by atoms with Crippen LogP contribution in [0.3, 0.4) is 0 Å². The molecule has 0 aromatic rings. The zero-order valence-corrected chi connectivity index (χ0v) is 7.18. The third-order valence-electron chi connectivity index (χ3n) is 0. The van der Waals surface area contributed by atoms with Gasteiger partial charge in [0.05, 0.1) is 0 Å². The fourth-order valence-electron chi connectivity index (χ4n) is 0. The Balaban J connectivity index is -0.0000000800. The van der Waals surface area contributed by atoms with Crippen LogP contribution in [0.25, 0.3) is 0 Å². The molecule has 0 bridgehead atoms. The quantitative estimate of drug-likeness (QED) is 0.329. The minimum atomic E-state index is -5.39. The molecule has 38 valence electrons. The van der Waals surface area contributed by atoms with Crippen molar-refractivity contribution in [2.75, 3.05) is 0 Å². The normalized spacial score (nSPS) is 8.43. The minimum absolute atomic E-state index is 0. The molecule has 0 saturated heterocycles. The van der Waals surface area contributed by atoms with Crippen LogP contribution >= 0.6 is 7.82 Å². The maximum atomic E-state index is 8.55. The zero-order valence-electron chi connectivity index (χ0n) is 2.66. The first kappa shape index (κ1) is 15.9. The molecular formula is H3AlLaO4P. The van der Waals surface area contributed by atoms with E-state index in [1.165, 1.54) is 0 Å². The van der Waals surface area contributed by atoms with Crippen LogP contribution in [0.15, 0.2) is 0 Å². The van der Waals surface area contributed by atoms with Gasteiger partial charge in [-0.05, 0) is 0 Å². The van der Waals surface area contributed by atoms with Crippen molar-refractivity contribution in [2.24, 2.45) is 0 Å². The third kappa shape index (κ3) is 79.1. The maximum absolute atomic E-state index is 8.55. The van der Waals surface area contributed by atoms with Gasteiger partial charge in [0.2, 0.25) is 0 Å². The molecule has 0 N–H and O–H groups in total. The molecule has 0 radical (unpaired) electrons. The van der Waals surface area contributed by atoms with E-state index >= 15 is 0 Å². The summed E-state index contributed by atoms with van der Waals surface area (Å²) in [6, 6.07) is 0. The van der Waals surface area contributed by atoms with Crippen LogP contribution in [0.2, 0.25) is 0 Å². The summed E-state index contributed by atoms with van der Waals surface area (Å²) < 4.78 is 8.55. The molecule has 0 aliphatic rings. The van der Waals surface area contributed by atoms with Gasteiger partial charge in [-0.25, -0.2) is 0 Å². The number of hydrogen-bond acceptors (Lipinski definition) is 4. The van der Waals surface area contributed by atoms with Crippen molar-refractivity contribution in [2.45, 2.75) is 0 Å². The van der Waals surface area contributed by atoms with E-state index in [4.69, 9.17) is 19.2 Å². The van der Waals surface area contributed by atoms with Crippen molar-refractivity contribution in [3.05, 3.63) is 0 Å². The fraction of sp³-hybridized carbons (Fsp3) is 0. The number of rotatable bonds is 0. The van der Waals surface area contributed by atoms with E-state index in [1.54, 1.807) is 0 Å². The van der Waals surface area contributed by atoms with Crippen LogP contribution in [-0.4, -0.2) is 17.4 Å². The van der Waals surface area contributed by atoms with E-state index in [1.807, 2.05) is 0 Å². The Kier molecular flexibility index (Phi) is 13.6. The van der Waals surface area contributed by atoms with Crippen LogP contribution in [0.1, 0.15) is 0 Å². The van der Waals surface area contributed by atoms with Crippen molar-refractivity contribution >= 4 is 25.2 Å². The Morgan fingerprint density at radius 2 is 1.14 bits per heavy atom. The van der Waals surface area contributed by atoms with E-state index < -0.39 is 7.82 Å². The van der Waals surface area contributed by atoms with Crippen LogP contribution in [0.4, 0.5) is 0 Å². The van der Waals surface area contributed by atoms with E-state index in [0.717, 1.165) is 0 Å². The van der Waals surface area contributed by atoms with Gasteiger partial charge in [-0.2, -0.15) is 7.82 Å². The molecule has 0 spiro atoms. The van der Waals surface area contributed by atoms with Crippen molar-refractivity contribution < 1.29 is 54.8 Å². The van der Waals surface area contributed by atoms with Crippen LogP contribution in [-0.2, 0) is 4.57 Å². The molecule has 0 amide bonds. The van der Waals surface area contributed by atoms with Gasteiger partial charge >= 0.3 is 35.6 Å². The molecule has 0 aromatic carbocycles. The number of phosphoric acid groups is 1. The molecule has 0 saturated carbocycles. The summed E-state index contributed by atoms with van der Waals surface area (Å²) in [5.74, 6) is 0. The largest absolute Gasteiger partial charge is 3.00 e. The predicted octanol–water partition coefficient (Wildman–Crippen LogP) is -4.01. The summed E-state index contributed by atoms with van der Waals surface area (Å²) >= 11 is 0. The average molecular weight is 264 g/mol. The monoisotopic (exact) mass is 264 g/mol. The minimum Gasteiger partial charge on any atom is -0.822 e. The first-order valence-corrected chi connectivity index (χ1v) is 2.19. The van der Waals surface area contributed by atoms with Gasteiger partial charge in [0.25, 0.3) is 0 Å². The summed E-state index contributed by atoms with van der Waals surface area (Å²) in [7, 11) is -5.39. The third-order valence-corrected chi connectivity index (χ3v) is 0. The van der Waals surface area contributed by atoms with Crippen LogP contribution in [0.5, 0.6) is 0 Å². The second-order valence-corrected chi connectivity index (χ2v) is 1.34. The maximum Gasteiger partial charge on any atom is 3.00 e. The Bertz CT molecular complexity index is 57.8. The molecular weight excluding hydrogens is 261 g/mol. The van der Waals surface area contributed by atoms with Crippen molar-refractivity contribution in [1.29, 1.82) is 0 Å². The average Bonchev–Trinajstić information content (AvgIpc) is 0.722. The van der Waals surface area contributed by atoms with Crippen molar-refractivity contribution in [1.82, 2.24) is 0 Å². The Morgan fingerprint density at radius 1 is 1.14 bits per heavy atom. The second kappa shape index (κ2) is 5.96. The molecule has 0 rings (SSSR count). The van der Waals surface area contributed by atoms with Gasteiger partial charge < -0.3 is 19.2 Å². The summed E-state index contributed by atoms with van der Waals surface area (Å²) in [4.78, 5) is 25.6. The van der Waals surface area contributed by atoms with Gasteiger partial charge in [-0.3, -0.25) is 0 Å². The van der Waals surface area contributed by atoms with Gasteiger partial charge in [0, 0.05) is 0 Å². The molecule has 0 aliphatic carbocycles. The first-order chi connectivity index (χ1) is 2.00. The Hall–Kier alpha value is 1.84. The molecule has 7 heteroatoms. The zero-order chi connectivity index (χ0) is 4.50. The number of hydrogen-bond donors (Lipinski definition) is 0. The smallest absolute Gasteiger partial charge is 0.822 e. The second-order valence-electron chi connectivity index (χ2n) is 0.447. The van der Waals surface area contributed by atoms with Crippen molar-refractivity contribution in [3.8, 4) is 0 Å². The van der Waals surface area contributed by atoms with Gasteiger partial charge in [0.15, 0.2) is 17.4 Å². The van der Waals surface area contributed by atoms with E-state index in [-0.39, 0.29) is 53.0 Å². The summed E-state index contributed by atoms with van der Waals surface area (Å²) in [6.07, 6.45) is 0. The van der Waals surface area contributed by atoms with Crippen LogP contribution in [0, 0.1) is 35.6 Å². The molecule has 0 atom stereocenters.